The fourth-order valence-corrected chi connectivity index (χ4v) is 5.22. The van der Waals surface area contributed by atoms with Crippen molar-refractivity contribution in [3.63, 3.8) is 0 Å². The van der Waals surface area contributed by atoms with Crippen LogP contribution in [0.4, 0.5) is 0 Å². The molecule has 0 bridgehead atoms. The lowest BCUT2D eigenvalue weighted by molar-refractivity contribution is 0.0788. The summed E-state index contributed by atoms with van der Waals surface area (Å²) in [6.07, 6.45) is 1.81. The zero-order valence-electron chi connectivity index (χ0n) is 16.9. The Hall–Kier alpha value is -2.39. The lowest BCUT2D eigenvalue weighted by Crippen LogP contribution is -2.47. The lowest BCUT2D eigenvalue weighted by atomic mass is 10.2. The quantitative estimate of drug-likeness (QED) is 0.435. The minimum absolute atomic E-state index is 0.337. The molecule has 0 saturated carbocycles. The van der Waals surface area contributed by atoms with E-state index in [-0.39, 0.29) is 0 Å². The number of piperazine rings is 1. The summed E-state index contributed by atoms with van der Waals surface area (Å²) in [5.41, 5.74) is 2.15. The van der Waals surface area contributed by atoms with Crippen LogP contribution in [0.2, 0.25) is 0 Å². The monoisotopic (exact) mass is 436 g/mol. The third-order valence-corrected chi connectivity index (χ3v) is 7.34. The number of nitrogens with zero attached hydrogens (tertiary/aromatic N) is 6. The van der Waals surface area contributed by atoms with E-state index >= 15 is 0 Å². The maximum Gasteiger partial charge on any atom is 0.203 e. The molecule has 0 amide bonds. The van der Waals surface area contributed by atoms with Gasteiger partial charge in [-0.1, -0.05) is 30.3 Å². The second-order valence-corrected chi connectivity index (χ2v) is 9.04. The van der Waals surface area contributed by atoms with E-state index in [4.69, 9.17) is 17.2 Å². The fourth-order valence-electron chi connectivity index (χ4n) is 3.91. The molecule has 2 aromatic carbocycles. The van der Waals surface area contributed by atoms with Crippen molar-refractivity contribution in [3.05, 3.63) is 70.7 Å². The lowest BCUT2D eigenvalue weighted by Gasteiger charge is -2.37. The van der Waals surface area contributed by atoms with E-state index in [1.54, 1.807) is 0 Å². The van der Waals surface area contributed by atoms with Crippen LogP contribution in [-0.4, -0.2) is 55.3 Å². The Balaban J connectivity index is 1.22. The maximum absolute atomic E-state index is 5.66. The molecule has 5 rings (SSSR count). The van der Waals surface area contributed by atoms with Gasteiger partial charge in [0.15, 0.2) is 0 Å². The number of rotatable bonds is 5. The Morgan fingerprint density at radius 1 is 1.00 bits per heavy atom. The SMILES string of the molecule is CC(c1nc2ccccc2s1)N1CCN(Cn2ncn(-c3ccccc3)c2=S)CC1. The first-order valence-corrected chi connectivity index (χ1v) is 11.4. The molecule has 1 saturated heterocycles. The molecule has 0 aliphatic carbocycles. The molecule has 8 heteroatoms. The van der Waals surface area contributed by atoms with Crippen LogP contribution in [0.5, 0.6) is 0 Å². The van der Waals surface area contributed by atoms with Gasteiger partial charge >= 0.3 is 0 Å². The maximum atomic E-state index is 5.66. The molecule has 1 atom stereocenters. The van der Waals surface area contributed by atoms with Gasteiger partial charge in [0.1, 0.15) is 11.3 Å². The minimum atomic E-state index is 0.337. The van der Waals surface area contributed by atoms with Crippen molar-refractivity contribution in [1.82, 2.24) is 29.1 Å². The van der Waals surface area contributed by atoms with Gasteiger partial charge in [0.2, 0.25) is 4.77 Å². The number of aromatic nitrogens is 4. The molecular weight excluding hydrogens is 412 g/mol. The van der Waals surface area contributed by atoms with Crippen LogP contribution in [0.3, 0.4) is 0 Å². The van der Waals surface area contributed by atoms with E-state index in [0.29, 0.717) is 6.04 Å². The average molecular weight is 437 g/mol. The molecule has 1 aliphatic heterocycles. The van der Waals surface area contributed by atoms with E-state index in [9.17, 15) is 0 Å². The number of para-hydroxylation sites is 2. The van der Waals surface area contributed by atoms with Crippen molar-refractivity contribution in [3.8, 4) is 5.69 Å². The van der Waals surface area contributed by atoms with Gasteiger partial charge in [0, 0.05) is 31.9 Å². The Bertz CT molecular complexity index is 1150. The van der Waals surface area contributed by atoms with Crippen molar-refractivity contribution in [1.29, 1.82) is 0 Å². The Morgan fingerprint density at radius 3 is 2.50 bits per heavy atom. The third kappa shape index (κ3) is 3.83. The van der Waals surface area contributed by atoms with Crippen molar-refractivity contribution >= 4 is 33.8 Å². The van der Waals surface area contributed by atoms with Crippen molar-refractivity contribution in [2.45, 2.75) is 19.6 Å². The van der Waals surface area contributed by atoms with E-state index in [2.05, 4.69) is 46.1 Å². The minimum Gasteiger partial charge on any atom is -0.292 e. The molecule has 1 unspecified atom stereocenters. The molecule has 0 radical (unpaired) electrons. The normalized spacial score (nSPS) is 16.8. The Kier molecular flexibility index (Phi) is 5.47. The number of hydrogen-bond donors (Lipinski definition) is 0. The molecule has 1 fully saturated rings. The molecule has 154 valence electrons. The van der Waals surface area contributed by atoms with Gasteiger partial charge < -0.3 is 0 Å². The van der Waals surface area contributed by atoms with Gasteiger partial charge in [-0.3, -0.25) is 14.4 Å². The van der Waals surface area contributed by atoms with E-state index in [1.165, 1.54) is 9.71 Å². The van der Waals surface area contributed by atoms with Crippen molar-refractivity contribution in [2.24, 2.45) is 0 Å². The molecule has 30 heavy (non-hydrogen) atoms. The van der Waals surface area contributed by atoms with Gasteiger partial charge in [-0.2, -0.15) is 5.10 Å². The first-order chi connectivity index (χ1) is 14.7. The Morgan fingerprint density at radius 2 is 1.73 bits per heavy atom. The average Bonchev–Trinajstić information content (AvgIpc) is 3.38. The highest BCUT2D eigenvalue weighted by molar-refractivity contribution is 7.71. The summed E-state index contributed by atoms with van der Waals surface area (Å²) < 4.78 is 5.86. The highest BCUT2D eigenvalue weighted by Crippen LogP contribution is 2.29. The van der Waals surface area contributed by atoms with Gasteiger partial charge in [0.05, 0.1) is 22.9 Å². The second-order valence-electron chi connectivity index (χ2n) is 7.61. The van der Waals surface area contributed by atoms with Crippen LogP contribution < -0.4 is 0 Å². The summed E-state index contributed by atoms with van der Waals surface area (Å²) in [4.78, 5) is 9.79. The number of thiazole rings is 1. The van der Waals surface area contributed by atoms with Gasteiger partial charge in [-0.05, 0) is 43.4 Å². The molecule has 0 spiro atoms. The number of fused-ring (bicyclic) bond motifs is 1. The van der Waals surface area contributed by atoms with Crippen LogP contribution in [0.25, 0.3) is 15.9 Å². The molecular formula is C22H24N6S2. The zero-order valence-corrected chi connectivity index (χ0v) is 18.5. The molecule has 3 heterocycles. The van der Waals surface area contributed by atoms with Gasteiger partial charge in [-0.15, -0.1) is 11.3 Å². The number of hydrogen-bond acceptors (Lipinski definition) is 6. The Labute approximate surface area is 185 Å². The smallest absolute Gasteiger partial charge is 0.203 e. The van der Waals surface area contributed by atoms with Crippen molar-refractivity contribution < 1.29 is 0 Å². The molecule has 4 aromatic rings. The number of benzene rings is 2. The third-order valence-electron chi connectivity index (χ3n) is 5.72. The summed E-state index contributed by atoms with van der Waals surface area (Å²) >= 11 is 7.46. The molecule has 1 aliphatic rings. The first-order valence-electron chi connectivity index (χ1n) is 10.2. The highest BCUT2D eigenvalue weighted by atomic mass is 32.1. The van der Waals surface area contributed by atoms with Crippen LogP contribution in [0, 0.1) is 4.77 Å². The van der Waals surface area contributed by atoms with Crippen LogP contribution in [0.1, 0.15) is 18.0 Å². The fraction of sp³-hybridized carbons (Fsp3) is 0.318. The van der Waals surface area contributed by atoms with Crippen LogP contribution in [0.15, 0.2) is 60.9 Å². The van der Waals surface area contributed by atoms with E-state index in [1.807, 2.05) is 57.2 Å². The van der Waals surface area contributed by atoms with Crippen LogP contribution in [-0.2, 0) is 6.67 Å². The summed E-state index contributed by atoms with van der Waals surface area (Å²) in [6.45, 7) is 7.02. The van der Waals surface area contributed by atoms with Gasteiger partial charge in [0.25, 0.3) is 0 Å². The van der Waals surface area contributed by atoms with Crippen LogP contribution >= 0.6 is 23.6 Å². The standard InChI is InChI=1S/C22H24N6S2/c1-17(21-24-19-9-5-6-10-20(19)30-21)26-13-11-25(12-14-26)16-28-22(29)27(15-23-28)18-7-3-2-4-8-18/h2-10,15,17H,11-14,16H2,1H3. The molecule has 0 N–H and O–H groups in total. The first kappa shape index (κ1) is 19.6. The summed E-state index contributed by atoms with van der Waals surface area (Å²) in [5, 5.41) is 5.73. The van der Waals surface area contributed by atoms with E-state index in [0.717, 1.165) is 48.8 Å². The molecule has 6 nitrogen and oxygen atoms in total. The highest BCUT2D eigenvalue weighted by Gasteiger charge is 2.24. The largest absolute Gasteiger partial charge is 0.292 e. The van der Waals surface area contributed by atoms with Gasteiger partial charge in [-0.25, -0.2) is 9.67 Å². The zero-order chi connectivity index (χ0) is 20.5. The summed E-state index contributed by atoms with van der Waals surface area (Å²) in [6, 6.07) is 18.8. The van der Waals surface area contributed by atoms with E-state index < -0.39 is 0 Å². The molecule has 2 aromatic heterocycles. The summed E-state index contributed by atoms with van der Waals surface area (Å²) in [5.74, 6) is 0. The predicted octanol–water partition coefficient (Wildman–Crippen LogP) is 4.35. The summed E-state index contributed by atoms with van der Waals surface area (Å²) in [7, 11) is 0. The predicted molar refractivity (Wildman–Crippen MR) is 124 cm³/mol. The topological polar surface area (TPSA) is 42.1 Å². The van der Waals surface area contributed by atoms with Crippen molar-refractivity contribution in [2.75, 3.05) is 26.2 Å². The second kappa shape index (κ2) is 8.39.